The molecular formula is C15H23N3O. The molecule has 1 aliphatic heterocycles. The van der Waals surface area contributed by atoms with Crippen molar-refractivity contribution in [1.82, 2.24) is 5.32 Å². The molecule has 1 fully saturated rings. The zero-order valence-electron chi connectivity index (χ0n) is 12.0. The van der Waals surface area contributed by atoms with Crippen molar-refractivity contribution in [2.75, 3.05) is 30.9 Å². The van der Waals surface area contributed by atoms with E-state index in [9.17, 15) is 4.79 Å². The monoisotopic (exact) mass is 261 g/mol. The van der Waals surface area contributed by atoms with E-state index < -0.39 is 0 Å². The number of carbonyl (C=O) groups is 1. The molecule has 0 aliphatic carbocycles. The Morgan fingerprint density at radius 1 is 1.32 bits per heavy atom. The summed E-state index contributed by atoms with van der Waals surface area (Å²) in [6.45, 7) is 2.89. The molecule has 4 nitrogen and oxygen atoms in total. The summed E-state index contributed by atoms with van der Waals surface area (Å²) in [5.41, 5.74) is 3.43. The van der Waals surface area contributed by atoms with Gasteiger partial charge in [-0.25, -0.2) is 0 Å². The third kappa shape index (κ3) is 3.40. The number of nitrogens with one attached hydrogen (secondary N) is 2. The van der Waals surface area contributed by atoms with Gasteiger partial charge >= 0.3 is 0 Å². The third-order valence-electron chi connectivity index (χ3n) is 3.57. The summed E-state index contributed by atoms with van der Waals surface area (Å²) < 4.78 is 0. The standard InChI is InChI=1S/C15H23N3O/c1-11-7-8-12(10-14(11)18(2)3)17-13-6-4-5-9-16-15(13)19/h7-8,10,13,17H,4-6,9H2,1-3H3,(H,16,19). The van der Waals surface area contributed by atoms with Gasteiger partial charge in [-0.2, -0.15) is 0 Å². The maximum absolute atomic E-state index is 11.9. The highest BCUT2D eigenvalue weighted by Gasteiger charge is 2.20. The number of aryl methyl sites for hydroxylation is 1. The van der Waals surface area contributed by atoms with Gasteiger partial charge in [-0.15, -0.1) is 0 Å². The summed E-state index contributed by atoms with van der Waals surface area (Å²) in [7, 11) is 4.06. The molecule has 2 rings (SSSR count). The fourth-order valence-electron chi connectivity index (χ4n) is 2.46. The van der Waals surface area contributed by atoms with Crippen molar-refractivity contribution in [3.05, 3.63) is 23.8 Å². The van der Waals surface area contributed by atoms with Gasteiger partial charge in [0.2, 0.25) is 5.91 Å². The lowest BCUT2D eigenvalue weighted by Gasteiger charge is -2.20. The first-order valence-corrected chi connectivity index (χ1v) is 6.90. The maximum atomic E-state index is 11.9. The zero-order chi connectivity index (χ0) is 13.8. The van der Waals surface area contributed by atoms with Crippen LogP contribution in [0.4, 0.5) is 11.4 Å². The van der Waals surface area contributed by atoms with Gasteiger partial charge < -0.3 is 15.5 Å². The molecule has 1 unspecified atom stereocenters. The van der Waals surface area contributed by atoms with Gasteiger partial charge in [0.05, 0.1) is 0 Å². The van der Waals surface area contributed by atoms with E-state index in [-0.39, 0.29) is 11.9 Å². The molecule has 1 amide bonds. The number of rotatable bonds is 3. The molecule has 1 saturated heterocycles. The Labute approximate surface area is 115 Å². The highest BCUT2D eigenvalue weighted by molar-refractivity contribution is 5.85. The van der Waals surface area contributed by atoms with Gasteiger partial charge in [-0.3, -0.25) is 4.79 Å². The van der Waals surface area contributed by atoms with E-state index in [1.54, 1.807) is 0 Å². The second-order valence-corrected chi connectivity index (χ2v) is 5.38. The van der Waals surface area contributed by atoms with Crippen LogP contribution < -0.4 is 15.5 Å². The van der Waals surface area contributed by atoms with Crippen molar-refractivity contribution < 1.29 is 4.79 Å². The average Bonchev–Trinajstić information content (AvgIpc) is 2.57. The summed E-state index contributed by atoms with van der Waals surface area (Å²) in [6.07, 6.45) is 3.06. The highest BCUT2D eigenvalue weighted by atomic mass is 16.2. The molecule has 0 radical (unpaired) electrons. The lowest BCUT2D eigenvalue weighted by atomic mass is 10.1. The van der Waals surface area contributed by atoms with Crippen LogP contribution in [0.3, 0.4) is 0 Å². The summed E-state index contributed by atoms with van der Waals surface area (Å²) in [4.78, 5) is 14.0. The van der Waals surface area contributed by atoms with Crippen molar-refractivity contribution in [1.29, 1.82) is 0 Å². The Morgan fingerprint density at radius 3 is 2.84 bits per heavy atom. The molecule has 1 aromatic rings. The molecule has 1 atom stereocenters. The van der Waals surface area contributed by atoms with Crippen LogP contribution >= 0.6 is 0 Å². The minimum Gasteiger partial charge on any atom is -0.377 e. The molecule has 0 saturated carbocycles. The number of hydrogen-bond acceptors (Lipinski definition) is 3. The number of amides is 1. The molecule has 0 bridgehead atoms. The summed E-state index contributed by atoms with van der Waals surface area (Å²) in [5.74, 6) is 0.115. The number of carbonyl (C=O) groups excluding carboxylic acids is 1. The molecule has 1 heterocycles. The Bertz CT molecular complexity index is 457. The minimum atomic E-state index is -0.111. The van der Waals surface area contributed by atoms with Crippen molar-refractivity contribution in [3.8, 4) is 0 Å². The van der Waals surface area contributed by atoms with Gasteiger partial charge in [-0.05, 0) is 43.9 Å². The van der Waals surface area contributed by atoms with Gasteiger partial charge in [-0.1, -0.05) is 6.07 Å². The molecule has 0 aromatic heterocycles. The van der Waals surface area contributed by atoms with E-state index in [4.69, 9.17) is 0 Å². The molecule has 104 valence electrons. The smallest absolute Gasteiger partial charge is 0.242 e. The van der Waals surface area contributed by atoms with E-state index in [0.717, 1.165) is 31.5 Å². The topological polar surface area (TPSA) is 44.4 Å². The van der Waals surface area contributed by atoms with Crippen LogP contribution in [-0.2, 0) is 4.79 Å². The summed E-state index contributed by atoms with van der Waals surface area (Å²) in [5, 5.41) is 6.31. The zero-order valence-corrected chi connectivity index (χ0v) is 12.0. The van der Waals surface area contributed by atoms with Crippen LogP contribution in [0.15, 0.2) is 18.2 Å². The van der Waals surface area contributed by atoms with Crippen molar-refractivity contribution in [3.63, 3.8) is 0 Å². The van der Waals surface area contributed by atoms with E-state index >= 15 is 0 Å². The van der Waals surface area contributed by atoms with Gasteiger partial charge in [0, 0.05) is 32.0 Å². The third-order valence-corrected chi connectivity index (χ3v) is 3.57. The van der Waals surface area contributed by atoms with E-state index in [1.165, 1.54) is 11.3 Å². The Morgan fingerprint density at radius 2 is 2.11 bits per heavy atom. The molecule has 19 heavy (non-hydrogen) atoms. The maximum Gasteiger partial charge on any atom is 0.242 e. The fraction of sp³-hybridized carbons (Fsp3) is 0.533. The summed E-state index contributed by atoms with van der Waals surface area (Å²) >= 11 is 0. The predicted octanol–water partition coefficient (Wildman–Crippen LogP) is 2.14. The van der Waals surface area contributed by atoms with Crippen LogP contribution in [0, 0.1) is 6.92 Å². The molecule has 0 spiro atoms. The molecular weight excluding hydrogens is 238 g/mol. The first-order chi connectivity index (χ1) is 9.08. The van der Waals surface area contributed by atoms with E-state index in [2.05, 4.69) is 34.6 Å². The first-order valence-electron chi connectivity index (χ1n) is 6.90. The van der Waals surface area contributed by atoms with Crippen LogP contribution in [-0.4, -0.2) is 32.6 Å². The Kier molecular flexibility index (Phi) is 4.30. The lowest BCUT2D eigenvalue weighted by molar-refractivity contribution is -0.121. The van der Waals surface area contributed by atoms with Crippen LogP contribution in [0.5, 0.6) is 0 Å². The lowest BCUT2D eigenvalue weighted by Crippen LogP contribution is -2.37. The van der Waals surface area contributed by atoms with Gasteiger partial charge in [0.15, 0.2) is 0 Å². The van der Waals surface area contributed by atoms with Crippen LogP contribution in [0.2, 0.25) is 0 Å². The van der Waals surface area contributed by atoms with Crippen LogP contribution in [0.1, 0.15) is 24.8 Å². The molecule has 1 aromatic carbocycles. The largest absolute Gasteiger partial charge is 0.377 e. The average molecular weight is 261 g/mol. The quantitative estimate of drug-likeness (QED) is 0.876. The molecule has 4 heteroatoms. The Hall–Kier alpha value is -1.71. The van der Waals surface area contributed by atoms with E-state index in [0.29, 0.717) is 0 Å². The van der Waals surface area contributed by atoms with Crippen molar-refractivity contribution in [2.24, 2.45) is 0 Å². The van der Waals surface area contributed by atoms with Gasteiger partial charge in [0.1, 0.15) is 6.04 Å². The van der Waals surface area contributed by atoms with E-state index in [1.807, 2.05) is 20.2 Å². The van der Waals surface area contributed by atoms with Crippen LogP contribution in [0.25, 0.3) is 0 Å². The normalized spacial score (nSPS) is 19.5. The molecule has 2 N–H and O–H groups in total. The van der Waals surface area contributed by atoms with Crippen molar-refractivity contribution in [2.45, 2.75) is 32.2 Å². The SMILES string of the molecule is Cc1ccc(NC2CCCCNC2=O)cc1N(C)C. The Balaban J connectivity index is 2.13. The van der Waals surface area contributed by atoms with Crippen molar-refractivity contribution >= 4 is 17.3 Å². The summed E-state index contributed by atoms with van der Waals surface area (Å²) in [6, 6.07) is 6.13. The second kappa shape index (κ2) is 5.95. The highest BCUT2D eigenvalue weighted by Crippen LogP contribution is 2.23. The number of hydrogen-bond donors (Lipinski definition) is 2. The first kappa shape index (κ1) is 13.7. The fourth-order valence-corrected chi connectivity index (χ4v) is 2.46. The molecule has 1 aliphatic rings. The predicted molar refractivity (Wildman–Crippen MR) is 79.8 cm³/mol. The number of nitrogens with zero attached hydrogens (tertiary/aromatic N) is 1. The number of anilines is 2. The minimum absolute atomic E-state index is 0.111. The second-order valence-electron chi connectivity index (χ2n) is 5.38. The number of benzene rings is 1. The van der Waals surface area contributed by atoms with Gasteiger partial charge in [0.25, 0.3) is 0 Å².